The van der Waals surface area contributed by atoms with Crippen molar-refractivity contribution in [1.29, 1.82) is 0 Å². The largest absolute Gasteiger partial charge is 0.393 e. The molecule has 8 atom stereocenters. The summed E-state index contributed by atoms with van der Waals surface area (Å²) in [4.78, 5) is 0. The maximum atomic E-state index is 10.2. The summed E-state index contributed by atoms with van der Waals surface area (Å²) in [6.07, 6.45) is 14.2. The van der Waals surface area contributed by atoms with Crippen LogP contribution in [0.2, 0.25) is 0 Å². The number of aliphatic hydroxyl groups excluding tert-OH is 1. The van der Waals surface area contributed by atoms with E-state index >= 15 is 0 Å². The van der Waals surface area contributed by atoms with Crippen LogP contribution in [0.1, 0.15) is 92.4 Å². The van der Waals surface area contributed by atoms with Gasteiger partial charge in [0.25, 0.3) is 0 Å². The maximum absolute atomic E-state index is 10.2. The summed E-state index contributed by atoms with van der Waals surface area (Å²) in [7, 11) is 0. The van der Waals surface area contributed by atoms with Gasteiger partial charge in [0.2, 0.25) is 0 Å². The number of aliphatic hydroxyl groups is 1. The lowest BCUT2D eigenvalue weighted by Crippen LogP contribution is -2.51. The highest BCUT2D eigenvalue weighted by molar-refractivity contribution is 7.99. The molecule has 28 heavy (non-hydrogen) atoms. The normalized spacial score (nSPS) is 46.5. The van der Waals surface area contributed by atoms with Crippen molar-refractivity contribution in [2.24, 2.45) is 40.4 Å². The Labute approximate surface area is 178 Å². The fourth-order valence-corrected chi connectivity index (χ4v) is 9.72. The van der Waals surface area contributed by atoms with Gasteiger partial charge in [-0.15, -0.1) is 0 Å². The molecule has 4 rings (SSSR count). The van der Waals surface area contributed by atoms with E-state index in [1.165, 1.54) is 50.7 Å². The van der Waals surface area contributed by atoms with Crippen LogP contribution in [0.15, 0.2) is 11.6 Å². The number of fused-ring (bicyclic) bond motifs is 5. The summed E-state index contributed by atoms with van der Waals surface area (Å²) in [5.41, 5.74) is 2.57. The summed E-state index contributed by atoms with van der Waals surface area (Å²) in [5.74, 6) is 5.81. The molecule has 1 unspecified atom stereocenters. The average molecular weight is 405 g/mol. The summed E-state index contributed by atoms with van der Waals surface area (Å²) in [6, 6.07) is 0. The zero-order valence-corrected chi connectivity index (χ0v) is 19.9. The summed E-state index contributed by atoms with van der Waals surface area (Å²) < 4.78 is 0. The van der Waals surface area contributed by atoms with E-state index < -0.39 is 0 Å². The highest BCUT2D eigenvalue weighted by Crippen LogP contribution is 2.67. The molecule has 0 amide bonds. The molecule has 0 aliphatic heterocycles. The lowest BCUT2D eigenvalue weighted by Gasteiger charge is -2.58. The van der Waals surface area contributed by atoms with E-state index in [9.17, 15) is 5.11 Å². The molecule has 0 saturated heterocycles. The van der Waals surface area contributed by atoms with Crippen LogP contribution in [0, 0.1) is 40.4 Å². The van der Waals surface area contributed by atoms with E-state index in [0.717, 1.165) is 47.7 Å². The molecular weight excluding hydrogens is 360 g/mol. The first kappa shape index (κ1) is 21.3. The van der Waals surface area contributed by atoms with Crippen LogP contribution in [-0.4, -0.2) is 22.2 Å². The molecule has 4 aliphatic carbocycles. The van der Waals surface area contributed by atoms with Gasteiger partial charge in [-0.05, 0) is 104 Å². The predicted molar refractivity (Wildman–Crippen MR) is 123 cm³/mol. The summed E-state index contributed by atoms with van der Waals surface area (Å²) in [5, 5.41) is 11.0. The van der Waals surface area contributed by atoms with Crippen LogP contribution < -0.4 is 0 Å². The molecule has 4 aliphatic rings. The smallest absolute Gasteiger partial charge is 0.0577 e. The standard InChI is InChI=1S/C26H44OS/c1-17(2)12-15-28-18(3)22-8-9-23-21-7-6-19-16-20(27)10-13-25(19,4)24(21)11-14-26(22,23)5/h6,17-18,20-24,27H,7-16H2,1-5H3/t18-,20?,21+,22-,23+,24+,25+,26-/m1/s1. The third-order valence-electron chi connectivity index (χ3n) is 9.79. The van der Waals surface area contributed by atoms with Crippen molar-refractivity contribution in [3.05, 3.63) is 11.6 Å². The van der Waals surface area contributed by atoms with Gasteiger partial charge < -0.3 is 5.11 Å². The first-order valence-corrected chi connectivity index (χ1v) is 13.3. The van der Waals surface area contributed by atoms with Gasteiger partial charge in [0, 0.05) is 5.25 Å². The number of hydrogen-bond acceptors (Lipinski definition) is 2. The Kier molecular flexibility index (Phi) is 6.04. The average Bonchev–Trinajstić information content (AvgIpc) is 2.99. The maximum Gasteiger partial charge on any atom is 0.0577 e. The van der Waals surface area contributed by atoms with Gasteiger partial charge in [0.15, 0.2) is 0 Å². The first-order valence-electron chi connectivity index (χ1n) is 12.2. The second kappa shape index (κ2) is 7.95. The molecular formula is C26H44OS. The van der Waals surface area contributed by atoms with Gasteiger partial charge in [-0.1, -0.05) is 46.3 Å². The molecule has 0 aromatic carbocycles. The second-order valence-corrected chi connectivity index (χ2v) is 13.1. The van der Waals surface area contributed by atoms with Crippen LogP contribution in [0.4, 0.5) is 0 Å². The summed E-state index contributed by atoms with van der Waals surface area (Å²) >= 11 is 2.26. The highest BCUT2D eigenvalue weighted by Gasteiger charge is 2.59. The number of thioether (sulfide) groups is 1. The molecule has 0 bridgehead atoms. The lowest BCUT2D eigenvalue weighted by atomic mass is 9.47. The molecule has 3 fully saturated rings. The van der Waals surface area contributed by atoms with E-state index in [4.69, 9.17) is 0 Å². The Hall–Kier alpha value is 0.0500. The quantitative estimate of drug-likeness (QED) is 0.493. The molecule has 1 N–H and O–H groups in total. The Morgan fingerprint density at radius 3 is 2.61 bits per heavy atom. The van der Waals surface area contributed by atoms with E-state index in [1.54, 1.807) is 5.57 Å². The third-order valence-corrected chi connectivity index (χ3v) is 11.1. The highest BCUT2D eigenvalue weighted by atomic mass is 32.2. The third kappa shape index (κ3) is 3.53. The minimum absolute atomic E-state index is 0.0793. The Morgan fingerprint density at radius 1 is 1.07 bits per heavy atom. The van der Waals surface area contributed by atoms with Gasteiger partial charge in [-0.2, -0.15) is 11.8 Å². The molecule has 160 valence electrons. The van der Waals surface area contributed by atoms with Crippen molar-refractivity contribution >= 4 is 11.8 Å². The molecule has 0 radical (unpaired) electrons. The van der Waals surface area contributed by atoms with E-state index in [0.29, 0.717) is 10.8 Å². The van der Waals surface area contributed by atoms with Crippen LogP contribution >= 0.6 is 11.8 Å². The zero-order chi connectivity index (χ0) is 20.1. The SMILES string of the molecule is CC(C)CCS[C@H](C)[C@H]1CC[C@H]2[C@@H]3CC=C4CC(O)CC[C@]4(C)[C@H]3CC[C@]12C. The van der Waals surface area contributed by atoms with E-state index in [2.05, 4.69) is 52.5 Å². The van der Waals surface area contributed by atoms with Gasteiger partial charge in [0.05, 0.1) is 6.10 Å². The van der Waals surface area contributed by atoms with Crippen LogP contribution in [0.3, 0.4) is 0 Å². The zero-order valence-electron chi connectivity index (χ0n) is 19.0. The van der Waals surface area contributed by atoms with Crippen molar-refractivity contribution < 1.29 is 5.11 Å². The lowest BCUT2D eigenvalue weighted by molar-refractivity contribution is -0.0493. The topological polar surface area (TPSA) is 20.2 Å². The van der Waals surface area contributed by atoms with Crippen LogP contribution in [0.25, 0.3) is 0 Å². The number of allylic oxidation sites excluding steroid dienone is 1. The van der Waals surface area contributed by atoms with Crippen LogP contribution in [-0.2, 0) is 0 Å². The molecule has 3 saturated carbocycles. The molecule has 1 nitrogen and oxygen atoms in total. The van der Waals surface area contributed by atoms with Gasteiger partial charge in [0.1, 0.15) is 0 Å². The number of rotatable bonds is 5. The number of hydrogen-bond donors (Lipinski definition) is 1. The Balaban J connectivity index is 1.49. The molecule has 0 aromatic heterocycles. The van der Waals surface area contributed by atoms with Crippen molar-refractivity contribution in [1.82, 2.24) is 0 Å². The van der Waals surface area contributed by atoms with Gasteiger partial charge in [-0.25, -0.2) is 0 Å². The van der Waals surface area contributed by atoms with Crippen molar-refractivity contribution in [2.75, 3.05) is 5.75 Å². The molecule has 2 heteroatoms. The monoisotopic (exact) mass is 404 g/mol. The van der Waals surface area contributed by atoms with Gasteiger partial charge in [-0.3, -0.25) is 0 Å². The Bertz CT molecular complexity index is 597. The fraction of sp³-hybridized carbons (Fsp3) is 0.923. The minimum atomic E-state index is -0.0793. The van der Waals surface area contributed by atoms with Gasteiger partial charge >= 0.3 is 0 Å². The van der Waals surface area contributed by atoms with Crippen LogP contribution in [0.5, 0.6) is 0 Å². The van der Waals surface area contributed by atoms with Crippen molar-refractivity contribution in [2.45, 2.75) is 104 Å². The molecule has 0 heterocycles. The van der Waals surface area contributed by atoms with E-state index in [-0.39, 0.29) is 6.10 Å². The van der Waals surface area contributed by atoms with E-state index in [1.807, 2.05) is 0 Å². The molecule has 0 aromatic rings. The predicted octanol–water partition coefficient (Wildman–Crippen LogP) is 7.09. The van der Waals surface area contributed by atoms with Crippen molar-refractivity contribution in [3.8, 4) is 0 Å². The Morgan fingerprint density at radius 2 is 1.86 bits per heavy atom. The fourth-order valence-electron chi connectivity index (χ4n) is 8.06. The summed E-state index contributed by atoms with van der Waals surface area (Å²) in [6.45, 7) is 12.5. The minimum Gasteiger partial charge on any atom is -0.393 e. The molecule has 0 spiro atoms. The van der Waals surface area contributed by atoms with Crippen molar-refractivity contribution in [3.63, 3.8) is 0 Å². The first-order chi connectivity index (χ1) is 13.3. The second-order valence-electron chi connectivity index (χ2n) is 11.6.